The third-order valence-electron chi connectivity index (χ3n) is 7.23. The third kappa shape index (κ3) is 21.2. The van der Waals surface area contributed by atoms with E-state index in [0.717, 1.165) is 51.4 Å². The summed E-state index contributed by atoms with van der Waals surface area (Å²) in [7, 11) is -8.11. The number of rotatable bonds is 22. The van der Waals surface area contributed by atoms with Gasteiger partial charge in [-0.2, -0.15) is 8.42 Å². The number of ether oxygens (including phenoxy) is 2. The lowest BCUT2D eigenvalue weighted by Crippen LogP contribution is -2.45. The van der Waals surface area contributed by atoms with Crippen molar-refractivity contribution in [3.05, 3.63) is 65.2 Å². The van der Waals surface area contributed by atoms with E-state index >= 15 is 0 Å². The van der Waals surface area contributed by atoms with Crippen LogP contribution in [0.15, 0.2) is 48.5 Å². The molecule has 0 bridgehead atoms. The SMILES string of the molecule is CC(C)(C)OC(=O)N(CCCCCCOCCCCc1ccccc1)C(O)Cc1ccc(OP(=O)(OC(C)(C)C)OC(C)(C)C)c(COS(C)(=O)=O)c1. The number of benzene rings is 2. The van der Waals surface area contributed by atoms with Crippen molar-refractivity contribution in [3.63, 3.8) is 0 Å². The molecular formula is C39H64NO11PS. The summed E-state index contributed by atoms with van der Waals surface area (Å²) in [6, 6.07) is 15.1. The van der Waals surface area contributed by atoms with E-state index in [1.54, 1.807) is 74.4 Å². The number of aliphatic hydroxyl groups excluding tert-OH is 1. The van der Waals surface area contributed by atoms with E-state index in [-0.39, 0.29) is 24.3 Å². The quantitative estimate of drug-likeness (QED) is 0.0528. The topological polar surface area (TPSA) is 147 Å². The second kappa shape index (κ2) is 21.0. The maximum absolute atomic E-state index is 13.9. The van der Waals surface area contributed by atoms with E-state index in [9.17, 15) is 22.9 Å². The van der Waals surface area contributed by atoms with Crippen LogP contribution in [0.4, 0.5) is 4.79 Å². The number of amides is 1. The second-order valence-electron chi connectivity index (χ2n) is 16.2. The van der Waals surface area contributed by atoms with Gasteiger partial charge in [0.15, 0.2) is 0 Å². The maximum atomic E-state index is 13.9. The monoisotopic (exact) mass is 785 g/mol. The van der Waals surface area contributed by atoms with Crippen molar-refractivity contribution >= 4 is 24.0 Å². The minimum absolute atomic E-state index is 0.0157. The number of hydrogen-bond donors (Lipinski definition) is 1. The molecule has 0 aliphatic carbocycles. The molecule has 0 radical (unpaired) electrons. The number of aryl methyl sites for hydroxylation is 1. The molecule has 1 unspecified atom stereocenters. The van der Waals surface area contributed by atoms with Gasteiger partial charge in [0.05, 0.1) is 24.1 Å². The van der Waals surface area contributed by atoms with E-state index in [2.05, 4.69) is 24.3 Å². The third-order valence-corrected chi connectivity index (χ3v) is 9.73. The van der Waals surface area contributed by atoms with Crippen LogP contribution in [0.5, 0.6) is 5.75 Å². The molecule has 12 nitrogen and oxygen atoms in total. The van der Waals surface area contributed by atoms with Crippen LogP contribution >= 0.6 is 7.82 Å². The molecule has 0 aliphatic rings. The number of unbranched alkanes of at least 4 members (excludes halogenated alkanes) is 4. The molecule has 0 heterocycles. The molecule has 0 aliphatic heterocycles. The van der Waals surface area contributed by atoms with Gasteiger partial charge in [-0.25, -0.2) is 9.36 Å². The summed E-state index contributed by atoms with van der Waals surface area (Å²) in [5.74, 6) is 0.0175. The molecular weight excluding hydrogens is 721 g/mol. The van der Waals surface area contributed by atoms with E-state index in [1.807, 2.05) is 6.07 Å². The van der Waals surface area contributed by atoms with Crippen molar-refractivity contribution in [1.82, 2.24) is 4.90 Å². The molecule has 0 fully saturated rings. The van der Waals surface area contributed by atoms with Crippen LogP contribution in [0.25, 0.3) is 0 Å². The molecule has 0 aromatic heterocycles. The molecule has 2 aromatic rings. The summed E-state index contributed by atoms with van der Waals surface area (Å²) in [5, 5.41) is 11.4. The summed E-state index contributed by atoms with van der Waals surface area (Å²) < 4.78 is 71.6. The van der Waals surface area contributed by atoms with Crippen molar-refractivity contribution in [2.75, 3.05) is 26.0 Å². The highest BCUT2D eigenvalue weighted by molar-refractivity contribution is 7.85. The normalized spacial score (nSPS) is 13.5. The predicted octanol–water partition coefficient (Wildman–Crippen LogP) is 8.98. The average Bonchev–Trinajstić information content (AvgIpc) is 2.98. The van der Waals surface area contributed by atoms with Gasteiger partial charge < -0.3 is 19.1 Å². The van der Waals surface area contributed by atoms with E-state index in [1.165, 1.54) is 16.5 Å². The van der Waals surface area contributed by atoms with Crippen molar-refractivity contribution in [3.8, 4) is 5.75 Å². The van der Waals surface area contributed by atoms with E-state index < -0.39 is 53.7 Å². The molecule has 0 saturated heterocycles. The molecule has 302 valence electrons. The fourth-order valence-electron chi connectivity index (χ4n) is 5.10. The highest BCUT2D eigenvalue weighted by Crippen LogP contribution is 2.55. The summed E-state index contributed by atoms with van der Waals surface area (Å²) in [5.41, 5.74) is -0.494. The first-order chi connectivity index (χ1) is 24.4. The fourth-order valence-corrected chi connectivity index (χ4v) is 7.32. The Morgan fingerprint density at radius 1 is 0.792 bits per heavy atom. The van der Waals surface area contributed by atoms with Crippen molar-refractivity contribution in [2.45, 2.75) is 143 Å². The van der Waals surface area contributed by atoms with Gasteiger partial charge in [-0.05, 0) is 118 Å². The number of carbonyl (C=O) groups excluding carboxylic acids is 1. The highest BCUT2D eigenvalue weighted by atomic mass is 32.2. The first kappa shape index (κ1) is 46.6. The van der Waals surface area contributed by atoms with Crippen LogP contribution < -0.4 is 4.52 Å². The van der Waals surface area contributed by atoms with Crippen LogP contribution in [-0.4, -0.2) is 73.6 Å². The van der Waals surface area contributed by atoms with Crippen molar-refractivity contribution in [1.29, 1.82) is 0 Å². The van der Waals surface area contributed by atoms with Crippen LogP contribution in [0, 0.1) is 0 Å². The Bertz CT molecular complexity index is 1530. The van der Waals surface area contributed by atoms with Crippen LogP contribution in [-0.2, 0) is 56.8 Å². The minimum atomic E-state index is -4.24. The summed E-state index contributed by atoms with van der Waals surface area (Å²) >= 11 is 0. The Morgan fingerprint density at radius 3 is 1.94 bits per heavy atom. The zero-order valence-corrected chi connectivity index (χ0v) is 35.2. The zero-order chi connectivity index (χ0) is 39.9. The summed E-state index contributed by atoms with van der Waals surface area (Å²) in [6.45, 7) is 16.7. The second-order valence-corrected chi connectivity index (χ2v) is 19.3. The molecule has 2 aromatic carbocycles. The molecule has 1 N–H and O–H groups in total. The van der Waals surface area contributed by atoms with Gasteiger partial charge in [0, 0.05) is 31.7 Å². The lowest BCUT2D eigenvalue weighted by Gasteiger charge is -2.32. The smallest absolute Gasteiger partial charge is 0.444 e. The number of phosphoric ester groups is 1. The molecule has 14 heteroatoms. The van der Waals surface area contributed by atoms with E-state index in [0.29, 0.717) is 18.6 Å². The first-order valence-electron chi connectivity index (χ1n) is 18.4. The number of hydrogen-bond acceptors (Lipinski definition) is 11. The average molecular weight is 786 g/mol. The molecule has 1 atom stereocenters. The summed E-state index contributed by atoms with van der Waals surface area (Å²) in [4.78, 5) is 14.5. The van der Waals surface area contributed by atoms with Gasteiger partial charge in [0.25, 0.3) is 10.1 Å². The van der Waals surface area contributed by atoms with Crippen molar-refractivity contribution < 1.29 is 50.1 Å². The van der Waals surface area contributed by atoms with Crippen LogP contribution in [0.1, 0.15) is 118 Å². The number of nitrogens with zero attached hydrogens (tertiary/aromatic N) is 1. The van der Waals surface area contributed by atoms with Crippen LogP contribution in [0.3, 0.4) is 0 Å². The van der Waals surface area contributed by atoms with E-state index in [4.69, 9.17) is 27.2 Å². The van der Waals surface area contributed by atoms with Gasteiger partial charge in [0.2, 0.25) is 0 Å². The fraction of sp³-hybridized carbons (Fsp3) is 0.667. The maximum Gasteiger partial charge on any atom is 0.531 e. The number of aliphatic hydroxyl groups is 1. The van der Waals surface area contributed by atoms with Gasteiger partial charge in [0.1, 0.15) is 17.6 Å². The lowest BCUT2D eigenvalue weighted by molar-refractivity contribution is -0.0304. The van der Waals surface area contributed by atoms with Crippen molar-refractivity contribution in [2.24, 2.45) is 0 Å². The Labute approximate surface area is 318 Å². The minimum Gasteiger partial charge on any atom is -0.444 e. The first-order valence-corrected chi connectivity index (χ1v) is 21.7. The molecule has 1 amide bonds. The molecule has 0 spiro atoms. The molecule has 53 heavy (non-hydrogen) atoms. The zero-order valence-electron chi connectivity index (χ0n) is 33.5. The predicted molar refractivity (Wildman–Crippen MR) is 207 cm³/mol. The molecule has 2 rings (SSSR count). The lowest BCUT2D eigenvalue weighted by atomic mass is 10.1. The van der Waals surface area contributed by atoms with Crippen LogP contribution in [0.2, 0.25) is 0 Å². The number of carbonyl (C=O) groups is 1. The Hall–Kier alpha value is -2.51. The number of phosphoric acid groups is 1. The van der Waals surface area contributed by atoms with Gasteiger partial charge in [-0.3, -0.25) is 18.1 Å². The molecule has 0 saturated carbocycles. The summed E-state index contributed by atoms with van der Waals surface area (Å²) in [6.07, 6.45) is 5.41. The highest BCUT2D eigenvalue weighted by Gasteiger charge is 2.39. The Morgan fingerprint density at radius 2 is 1.38 bits per heavy atom. The van der Waals surface area contributed by atoms with Gasteiger partial charge >= 0.3 is 13.9 Å². The largest absolute Gasteiger partial charge is 0.531 e. The van der Waals surface area contributed by atoms with Gasteiger partial charge in [-0.15, -0.1) is 0 Å². The van der Waals surface area contributed by atoms with Gasteiger partial charge in [-0.1, -0.05) is 49.2 Å². The Balaban J connectivity index is 2.09. The Kier molecular flexibility index (Phi) is 18.5. The standard InChI is InChI=1S/C39H64NO11PS/c1-37(2,3)48-36(42)40(25-17-11-12-18-26-46-27-19-16-22-31-20-14-13-15-21-31)35(41)29-32-23-24-34(33(28-32)30-47-53(10,44)45)49-52(43,50-38(4,5)6)51-39(7,8)9/h13-15,20-21,23-24,28,35,41H,11-12,16-19,22,25-27,29-30H2,1-10H3.